The van der Waals surface area contributed by atoms with Gasteiger partial charge in [-0.05, 0) is 43.5 Å². The predicted octanol–water partition coefficient (Wildman–Crippen LogP) is 2.66. The fourth-order valence-electron chi connectivity index (χ4n) is 3.64. The topological polar surface area (TPSA) is 36.6 Å². The van der Waals surface area contributed by atoms with Crippen molar-refractivity contribution in [3.05, 3.63) is 35.1 Å². The maximum absolute atomic E-state index is 9.31. The second-order valence-corrected chi connectivity index (χ2v) is 5.82. The van der Waals surface area contributed by atoms with E-state index < -0.39 is 0 Å². The summed E-state index contributed by atoms with van der Waals surface area (Å²) >= 11 is 0. The molecule has 0 saturated carbocycles. The molecule has 2 aliphatic rings. The van der Waals surface area contributed by atoms with E-state index in [4.69, 9.17) is 4.42 Å². The molecule has 19 heavy (non-hydrogen) atoms. The molecule has 0 aliphatic carbocycles. The lowest BCUT2D eigenvalue weighted by molar-refractivity contribution is 0.210. The maximum atomic E-state index is 9.31. The standard InChI is InChI=1S/C16H19NO2/c18-10-11-3-4-15-14(8-11)13-5-7-17-6-1-2-12(9-17)16(13)19-15/h3-4,8,12,18H,1-2,5-7,9-10H2. The summed E-state index contributed by atoms with van der Waals surface area (Å²) < 4.78 is 6.15. The number of fused-ring (bicyclic) bond motifs is 6. The Labute approximate surface area is 112 Å². The fourth-order valence-corrected chi connectivity index (χ4v) is 3.64. The third-order valence-corrected chi connectivity index (χ3v) is 4.62. The summed E-state index contributed by atoms with van der Waals surface area (Å²) in [4.78, 5) is 2.56. The average Bonchev–Trinajstić information content (AvgIpc) is 2.77. The van der Waals surface area contributed by atoms with Crippen molar-refractivity contribution in [2.24, 2.45) is 0 Å². The molecule has 2 unspecified atom stereocenters. The van der Waals surface area contributed by atoms with Gasteiger partial charge < -0.3 is 14.4 Å². The van der Waals surface area contributed by atoms with Crippen LogP contribution in [0.3, 0.4) is 0 Å². The minimum Gasteiger partial charge on any atom is -0.460 e. The molecule has 0 radical (unpaired) electrons. The monoisotopic (exact) mass is 257 g/mol. The van der Waals surface area contributed by atoms with E-state index in [9.17, 15) is 5.11 Å². The van der Waals surface area contributed by atoms with E-state index in [0.717, 1.165) is 30.7 Å². The fraction of sp³-hybridized carbons (Fsp3) is 0.500. The summed E-state index contributed by atoms with van der Waals surface area (Å²) in [6, 6.07) is 6.07. The quantitative estimate of drug-likeness (QED) is 0.853. The van der Waals surface area contributed by atoms with Crippen molar-refractivity contribution >= 4 is 11.0 Å². The zero-order chi connectivity index (χ0) is 12.8. The highest BCUT2D eigenvalue weighted by atomic mass is 16.3. The van der Waals surface area contributed by atoms with Gasteiger partial charge in [-0.2, -0.15) is 0 Å². The number of aliphatic hydroxyl groups is 1. The van der Waals surface area contributed by atoms with E-state index >= 15 is 0 Å². The van der Waals surface area contributed by atoms with Crippen LogP contribution >= 0.6 is 0 Å². The van der Waals surface area contributed by atoms with Crippen molar-refractivity contribution in [2.75, 3.05) is 19.6 Å². The van der Waals surface area contributed by atoms with Crippen molar-refractivity contribution < 1.29 is 9.52 Å². The highest BCUT2D eigenvalue weighted by molar-refractivity contribution is 5.83. The zero-order valence-electron chi connectivity index (χ0n) is 11.1. The van der Waals surface area contributed by atoms with Gasteiger partial charge >= 0.3 is 0 Å². The first-order valence-corrected chi connectivity index (χ1v) is 7.22. The molecular formula is C16H19NO2. The molecule has 1 aromatic heterocycles. The molecule has 3 nitrogen and oxygen atoms in total. The van der Waals surface area contributed by atoms with Gasteiger partial charge in [0.1, 0.15) is 11.3 Å². The SMILES string of the molecule is OCc1ccc2oc3c(c2c1)CCN1CCCC3C1. The van der Waals surface area contributed by atoms with Crippen LogP contribution in [0.1, 0.15) is 35.6 Å². The molecule has 1 N–H and O–H groups in total. The number of aliphatic hydroxyl groups excluding tert-OH is 1. The lowest BCUT2D eigenvalue weighted by Crippen LogP contribution is -2.33. The third-order valence-electron chi connectivity index (χ3n) is 4.62. The van der Waals surface area contributed by atoms with Crippen LogP contribution in [0.5, 0.6) is 0 Å². The summed E-state index contributed by atoms with van der Waals surface area (Å²) in [6.07, 6.45) is 3.60. The van der Waals surface area contributed by atoms with Crippen LogP contribution in [-0.2, 0) is 13.0 Å². The maximum Gasteiger partial charge on any atom is 0.134 e. The lowest BCUT2D eigenvalue weighted by Gasteiger charge is -2.29. The molecule has 100 valence electrons. The molecule has 3 heteroatoms. The van der Waals surface area contributed by atoms with E-state index in [1.807, 2.05) is 12.1 Å². The normalized spacial score (nSPS) is 26.2. The summed E-state index contributed by atoms with van der Waals surface area (Å²) in [6.45, 7) is 3.63. The zero-order valence-corrected chi connectivity index (χ0v) is 11.1. The van der Waals surface area contributed by atoms with Crippen LogP contribution in [0.4, 0.5) is 0 Å². The Hall–Kier alpha value is -1.32. The van der Waals surface area contributed by atoms with E-state index in [-0.39, 0.29) is 6.61 Å². The van der Waals surface area contributed by atoms with Crippen LogP contribution in [0.2, 0.25) is 0 Å². The number of nitrogens with zero attached hydrogens (tertiary/aromatic N) is 1. The minimum atomic E-state index is 0.103. The Morgan fingerprint density at radius 1 is 1.32 bits per heavy atom. The number of hydrogen-bond donors (Lipinski definition) is 1. The van der Waals surface area contributed by atoms with Crippen LogP contribution < -0.4 is 0 Å². The molecule has 1 aromatic carbocycles. The Morgan fingerprint density at radius 2 is 2.26 bits per heavy atom. The van der Waals surface area contributed by atoms with Gasteiger partial charge in [0.2, 0.25) is 0 Å². The molecule has 2 aliphatic heterocycles. The van der Waals surface area contributed by atoms with Gasteiger partial charge in [-0.3, -0.25) is 0 Å². The summed E-state index contributed by atoms with van der Waals surface area (Å²) in [5.74, 6) is 1.78. The highest BCUT2D eigenvalue weighted by Crippen LogP contribution is 2.38. The van der Waals surface area contributed by atoms with Crippen molar-refractivity contribution in [2.45, 2.75) is 31.8 Å². The van der Waals surface area contributed by atoms with Gasteiger partial charge in [-0.15, -0.1) is 0 Å². The first kappa shape index (κ1) is 11.5. The van der Waals surface area contributed by atoms with Gasteiger partial charge in [0.15, 0.2) is 0 Å². The van der Waals surface area contributed by atoms with Gasteiger partial charge in [0, 0.05) is 30.0 Å². The lowest BCUT2D eigenvalue weighted by atomic mass is 9.94. The number of rotatable bonds is 1. The van der Waals surface area contributed by atoms with Gasteiger partial charge in [-0.1, -0.05) is 6.07 Å². The van der Waals surface area contributed by atoms with Crippen LogP contribution in [-0.4, -0.2) is 29.6 Å². The Morgan fingerprint density at radius 3 is 3.16 bits per heavy atom. The van der Waals surface area contributed by atoms with Crippen molar-refractivity contribution in [1.82, 2.24) is 4.90 Å². The van der Waals surface area contributed by atoms with E-state index in [0.29, 0.717) is 5.92 Å². The van der Waals surface area contributed by atoms with Crippen LogP contribution in [0, 0.1) is 0 Å². The molecule has 2 bridgehead atoms. The van der Waals surface area contributed by atoms with Crippen molar-refractivity contribution in [1.29, 1.82) is 0 Å². The smallest absolute Gasteiger partial charge is 0.134 e. The number of hydrogen-bond acceptors (Lipinski definition) is 3. The number of piperidine rings is 1. The summed E-state index contributed by atoms with van der Waals surface area (Å²) in [5.41, 5.74) is 3.35. The summed E-state index contributed by atoms with van der Waals surface area (Å²) in [5, 5.41) is 10.5. The molecule has 4 rings (SSSR count). The van der Waals surface area contributed by atoms with Crippen LogP contribution in [0.15, 0.2) is 22.6 Å². The van der Waals surface area contributed by atoms with Gasteiger partial charge in [0.25, 0.3) is 0 Å². The minimum absolute atomic E-state index is 0.103. The number of furan rings is 1. The number of benzene rings is 1. The molecule has 2 aromatic rings. The highest BCUT2D eigenvalue weighted by Gasteiger charge is 2.30. The molecule has 2 atom stereocenters. The molecule has 1 saturated heterocycles. The second kappa shape index (κ2) is 4.36. The van der Waals surface area contributed by atoms with E-state index in [1.165, 1.54) is 36.1 Å². The second-order valence-electron chi connectivity index (χ2n) is 5.82. The Balaban J connectivity index is 1.88. The average molecular weight is 257 g/mol. The summed E-state index contributed by atoms with van der Waals surface area (Å²) in [7, 11) is 0. The third kappa shape index (κ3) is 1.80. The van der Waals surface area contributed by atoms with Crippen LogP contribution in [0.25, 0.3) is 11.0 Å². The largest absolute Gasteiger partial charge is 0.460 e. The van der Waals surface area contributed by atoms with E-state index in [2.05, 4.69) is 11.0 Å². The molecule has 1 fully saturated rings. The first-order chi connectivity index (χ1) is 9.35. The Kier molecular flexibility index (Phi) is 2.64. The molecule has 0 amide bonds. The Bertz CT molecular complexity index is 616. The predicted molar refractivity (Wildman–Crippen MR) is 74.3 cm³/mol. The van der Waals surface area contributed by atoms with E-state index in [1.54, 1.807) is 0 Å². The van der Waals surface area contributed by atoms with Crippen molar-refractivity contribution in [3.63, 3.8) is 0 Å². The molecular weight excluding hydrogens is 238 g/mol. The van der Waals surface area contributed by atoms with Crippen molar-refractivity contribution in [3.8, 4) is 0 Å². The first-order valence-electron chi connectivity index (χ1n) is 7.22. The molecule has 0 spiro atoms. The van der Waals surface area contributed by atoms with Gasteiger partial charge in [-0.25, -0.2) is 0 Å². The molecule has 3 heterocycles. The van der Waals surface area contributed by atoms with Gasteiger partial charge in [0.05, 0.1) is 6.61 Å².